The predicted octanol–water partition coefficient (Wildman–Crippen LogP) is -0.162. The topological polar surface area (TPSA) is 49.9 Å². The minimum atomic E-state index is -0.389. The first-order valence-corrected chi connectivity index (χ1v) is 4.11. The molecule has 0 fully saturated rings. The number of hydrogen-bond donors (Lipinski definition) is 1. The van der Waals surface area contributed by atoms with Gasteiger partial charge in [-0.2, -0.15) is 0 Å². The van der Waals surface area contributed by atoms with E-state index in [2.05, 4.69) is 4.98 Å². The number of hydrogen-bond acceptors (Lipinski definition) is 2. The van der Waals surface area contributed by atoms with Crippen molar-refractivity contribution in [3.8, 4) is 0 Å². The van der Waals surface area contributed by atoms with Crippen LogP contribution in [0.2, 0.25) is 0 Å². The van der Waals surface area contributed by atoms with Gasteiger partial charge in [0.05, 0.1) is 0 Å². The van der Waals surface area contributed by atoms with Crippen LogP contribution in [0.15, 0.2) is 18.3 Å². The van der Waals surface area contributed by atoms with Crippen LogP contribution in [0.4, 0.5) is 0 Å². The van der Waals surface area contributed by atoms with Gasteiger partial charge in [0.1, 0.15) is 0 Å². The fourth-order valence-corrected chi connectivity index (χ4v) is 1.34. The summed E-state index contributed by atoms with van der Waals surface area (Å²) >= 11 is 0.183. The van der Waals surface area contributed by atoms with Gasteiger partial charge in [0.2, 0.25) is 0 Å². The number of H-pyrrole nitrogens is 1. The number of carbonyl (C=O) groups is 2. The van der Waals surface area contributed by atoms with Gasteiger partial charge in [-0.05, 0) is 0 Å². The van der Waals surface area contributed by atoms with Gasteiger partial charge in [0, 0.05) is 0 Å². The Hall–Kier alpha value is -0.861. The molecule has 0 unspecified atom stereocenters. The molecule has 0 aromatic carbocycles. The van der Waals surface area contributed by atoms with Gasteiger partial charge in [-0.25, -0.2) is 0 Å². The van der Waals surface area contributed by atoms with Crippen LogP contribution in [0.3, 0.4) is 0 Å². The summed E-state index contributed by atoms with van der Waals surface area (Å²) in [4.78, 5) is 24.2. The number of nitrogens with one attached hydrogen (secondary N) is 1. The van der Waals surface area contributed by atoms with Crippen molar-refractivity contribution < 1.29 is 24.5 Å². The minimum absolute atomic E-state index is 0.183. The Balaban J connectivity index is 2.57. The fraction of sp³-hybridized carbons (Fsp3) is 0.143. The molecule has 0 saturated heterocycles. The average Bonchev–Trinajstić information content (AvgIpc) is 2.39. The number of ketones is 1. The summed E-state index contributed by atoms with van der Waals surface area (Å²) in [5.41, 5.74) is 0. The van der Waals surface area contributed by atoms with Gasteiger partial charge in [0.25, 0.3) is 0 Å². The summed E-state index contributed by atoms with van der Waals surface area (Å²) in [6.07, 6.45) is 1.72. The summed E-state index contributed by atoms with van der Waals surface area (Å²) in [6.45, 7) is 1.28. The summed E-state index contributed by atoms with van der Waals surface area (Å²) in [5.74, 6) is -0.389. The zero-order chi connectivity index (χ0) is 8.27. The normalized spacial score (nSPS) is 9.91. The monoisotopic (exact) mass is 193 g/mol. The number of aromatic nitrogens is 1. The molecule has 3 nitrogen and oxygen atoms in total. The molecule has 1 N–H and O–H groups in total. The molecule has 0 aliphatic heterocycles. The number of rotatable bonds is 3. The number of carbonyl (C=O) groups excluding carboxylic acids is 2. The molecule has 11 heavy (non-hydrogen) atoms. The first kappa shape index (κ1) is 8.24. The molecule has 1 aromatic heterocycles. The van der Waals surface area contributed by atoms with Crippen molar-refractivity contribution in [3.63, 3.8) is 0 Å². The van der Waals surface area contributed by atoms with Crippen LogP contribution >= 0.6 is 0 Å². The van der Waals surface area contributed by atoms with E-state index in [1.54, 1.807) is 18.3 Å². The zero-order valence-electron chi connectivity index (χ0n) is 5.90. The van der Waals surface area contributed by atoms with Crippen molar-refractivity contribution in [1.29, 1.82) is 0 Å². The Kier molecular flexibility index (Phi) is 2.63. The van der Waals surface area contributed by atoms with Gasteiger partial charge in [-0.3, -0.25) is 0 Å². The van der Waals surface area contributed by atoms with Crippen molar-refractivity contribution >= 4 is 15.1 Å². The van der Waals surface area contributed by atoms with Gasteiger partial charge in [0.15, 0.2) is 0 Å². The molecule has 0 radical (unpaired) electrons. The SMILES string of the molecule is CC(=O)[C](=O)[Fe][c]1ccc[nH]1. The van der Waals surface area contributed by atoms with E-state index in [-0.39, 0.29) is 25.4 Å². The van der Waals surface area contributed by atoms with Crippen LogP contribution < -0.4 is 4.59 Å². The Morgan fingerprint density at radius 1 is 1.55 bits per heavy atom. The van der Waals surface area contributed by atoms with Gasteiger partial charge in [-0.1, -0.05) is 0 Å². The first-order valence-electron chi connectivity index (χ1n) is 3.01. The first-order chi connectivity index (χ1) is 5.20. The summed E-state index contributed by atoms with van der Waals surface area (Å²) < 4.78 is 0.428. The second-order valence-corrected chi connectivity index (χ2v) is 3.28. The van der Waals surface area contributed by atoms with Crippen molar-refractivity contribution in [2.75, 3.05) is 0 Å². The van der Waals surface area contributed by atoms with E-state index in [0.717, 1.165) is 4.59 Å². The molecule has 1 heterocycles. The summed E-state index contributed by atoms with van der Waals surface area (Å²) in [7, 11) is 0. The standard InChI is InChI=1S/C4H4N.C3H3O2.Fe/c1-2-4-5-3-1;1-3(5)2-4;/h1-3,5H;1H3;. The molecule has 60 valence electrons. The Morgan fingerprint density at radius 3 is 2.73 bits per heavy atom. The maximum absolute atomic E-state index is 10.8. The molecule has 0 atom stereocenters. The van der Waals surface area contributed by atoms with E-state index in [1.165, 1.54) is 6.92 Å². The van der Waals surface area contributed by atoms with Gasteiger partial charge >= 0.3 is 69.8 Å². The average molecular weight is 193 g/mol. The van der Waals surface area contributed by atoms with Crippen LogP contribution in [0, 0.1) is 0 Å². The quantitative estimate of drug-likeness (QED) is 0.535. The van der Waals surface area contributed by atoms with Gasteiger partial charge in [-0.15, -0.1) is 0 Å². The van der Waals surface area contributed by atoms with E-state index >= 15 is 0 Å². The molecule has 4 heteroatoms. The van der Waals surface area contributed by atoms with E-state index in [4.69, 9.17) is 0 Å². The zero-order valence-corrected chi connectivity index (χ0v) is 7.01. The van der Waals surface area contributed by atoms with Crippen LogP contribution in [-0.2, 0) is 24.5 Å². The summed E-state index contributed by atoms with van der Waals surface area (Å²) in [6, 6.07) is 3.57. The van der Waals surface area contributed by atoms with E-state index in [1.807, 2.05) is 0 Å². The van der Waals surface area contributed by atoms with Crippen LogP contribution in [0.5, 0.6) is 0 Å². The Labute approximate surface area is 70.3 Å². The second kappa shape index (κ2) is 3.51. The Morgan fingerprint density at radius 2 is 2.27 bits per heavy atom. The van der Waals surface area contributed by atoms with Gasteiger partial charge < -0.3 is 0 Å². The predicted molar refractivity (Wildman–Crippen MR) is 36.1 cm³/mol. The van der Waals surface area contributed by atoms with E-state index in [0.29, 0.717) is 0 Å². The van der Waals surface area contributed by atoms with E-state index in [9.17, 15) is 9.59 Å². The number of aromatic amines is 1. The van der Waals surface area contributed by atoms with Crippen molar-refractivity contribution in [2.45, 2.75) is 6.92 Å². The molecule has 0 aliphatic carbocycles. The molecule has 0 bridgehead atoms. The molecular weight excluding hydrogens is 186 g/mol. The molecule has 0 saturated carbocycles. The molecule has 1 rings (SSSR count). The third kappa shape index (κ3) is 2.33. The van der Waals surface area contributed by atoms with Crippen molar-refractivity contribution in [1.82, 2.24) is 4.98 Å². The molecule has 0 aliphatic rings. The molecule has 0 spiro atoms. The van der Waals surface area contributed by atoms with Crippen LogP contribution in [0.25, 0.3) is 0 Å². The van der Waals surface area contributed by atoms with Crippen molar-refractivity contribution in [2.24, 2.45) is 0 Å². The van der Waals surface area contributed by atoms with Crippen LogP contribution in [0.1, 0.15) is 6.92 Å². The van der Waals surface area contributed by atoms with E-state index < -0.39 is 0 Å². The molecular formula is C7H7FeNO2. The Bertz CT molecular complexity index is 266. The maximum atomic E-state index is 10.8. The van der Waals surface area contributed by atoms with Crippen LogP contribution in [-0.4, -0.2) is 15.4 Å². The number of Topliss-reactive ketones (excluding diaryl/α,β-unsaturated/α-hetero) is 1. The third-order valence-corrected chi connectivity index (χ3v) is 2.28. The van der Waals surface area contributed by atoms with Crippen molar-refractivity contribution in [3.05, 3.63) is 18.3 Å². The molecule has 0 amide bonds. The second-order valence-electron chi connectivity index (χ2n) is 1.91. The molecule has 1 aromatic rings. The third-order valence-electron chi connectivity index (χ3n) is 0.996. The fourth-order valence-electron chi connectivity index (χ4n) is 0.508. The summed E-state index contributed by atoms with van der Waals surface area (Å²) in [5, 5.41) is 0.